The standard InChI is InChI=1S/C31H25Cl2F2N5O3.C6H11NO2.C2H6/c1-39-23-14-22(27(34)35)37-28(24(23)30(41)40(2)31(39)42)36-20-12-6-10-18(26(20)33)17-9-5-11-19(25(17)32)21-13-15-7-4-8-16(15)29(38-21)43-3;8-6(9)5-1-3-7-4-2-5;1-2/h5-6,9-14,27H,4,7-8H2,1-3H3,(H,36,37);5,7H,1-4H2,(H,8,9);1-2H3. The zero-order valence-electron chi connectivity index (χ0n) is 30.6. The van der Waals surface area contributed by atoms with Crippen molar-refractivity contribution in [2.24, 2.45) is 20.0 Å². The van der Waals surface area contributed by atoms with E-state index in [1.807, 2.05) is 38.1 Å². The van der Waals surface area contributed by atoms with Crippen molar-refractivity contribution in [1.82, 2.24) is 24.4 Å². The average Bonchev–Trinajstić information content (AvgIpc) is 3.67. The van der Waals surface area contributed by atoms with Gasteiger partial charge >= 0.3 is 11.7 Å². The predicted molar refractivity (Wildman–Crippen MR) is 209 cm³/mol. The van der Waals surface area contributed by atoms with E-state index >= 15 is 0 Å². The molecule has 2 aromatic carbocycles. The molecule has 2 aliphatic rings. The number of hydrogen-bond acceptors (Lipinski definition) is 8. The molecule has 1 aliphatic carbocycles. The first-order valence-electron chi connectivity index (χ1n) is 17.6. The molecule has 1 fully saturated rings. The molecule has 0 amide bonds. The summed E-state index contributed by atoms with van der Waals surface area (Å²) in [7, 11) is 4.31. The van der Waals surface area contributed by atoms with Crippen molar-refractivity contribution in [3.8, 4) is 28.3 Å². The average molecular weight is 784 g/mol. The minimum absolute atomic E-state index is 0.0150. The molecule has 15 heteroatoms. The van der Waals surface area contributed by atoms with Gasteiger partial charge in [-0.25, -0.2) is 23.5 Å². The van der Waals surface area contributed by atoms with Crippen LogP contribution in [0.15, 0.2) is 58.1 Å². The number of piperidine rings is 1. The fourth-order valence-corrected chi connectivity index (χ4v) is 7.23. The number of aryl methyl sites for hydroxylation is 2. The number of ether oxygens (including phenoxy) is 1. The fourth-order valence-electron chi connectivity index (χ4n) is 6.63. The molecule has 54 heavy (non-hydrogen) atoms. The number of fused-ring (bicyclic) bond motifs is 2. The van der Waals surface area contributed by atoms with E-state index in [9.17, 15) is 23.2 Å². The molecule has 0 atom stereocenters. The van der Waals surface area contributed by atoms with Crippen LogP contribution in [0.1, 0.15) is 56.4 Å². The largest absolute Gasteiger partial charge is 0.481 e. The summed E-state index contributed by atoms with van der Waals surface area (Å²) in [4.78, 5) is 44.7. The van der Waals surface area contributed by atoms with Crippen LogP contribution in [0.5, 0.6) is 5.88 Å². The first kappa shape index (κ1) is 40.3. The maximum absolute atomic E-state index is 13.8. The third-order valence-electron chi connectivity index (χ3n) is 9.45. The van der Waals surface area contributed by atoms with E-state index in [0.717, 1.165) is 66.0 Å². The zero-order valence-corrected chi connectivity index (χ0v) is 32.1. The van der Waals surface area contributed by atoms with E-state index in [0.29, 0.717) is 39.0 Å². The van der Waals surface area contributed by atoms with E-state index in [-0.39, 0.29) is 27.7 Å². The van der Waals surface area contributed by atoms with Crippen LogP contribution < -0.4 is 26.6 Å². The molecule has 0 radical (unpaired) electrons. The highest BCUT2D eigenvalue weighted by atomic mass is 35.5. The molecule has 0 saturated carbocycles. The number of rotatable bonds is 7. The van der Waals surface area contributed by atoms with Gasteiger partial charge in [-0.3, -0.25) is 18.7 Å². The Bertz CT molecular complexity index is 2310. The maximum Gasteiger partial charge on any atom is 0.330 e. The number of carboxylic acid groups (broad SMARTS) is 1. The van der Waals surface area contributed by atoms with Crippen LogP contribution in [-0.4, -0.2) is 50.4 Å². The van der Waals surface area contributed by atoms with Gasteiger partial charge in [-0.2, -0.15) is 0 Å². The Morgan fingerprint density at radius 3 is 2.24 bits per heavy atom. The molecule has 1 saturated heterocycles. The predicted octanol–water partition coefficient (Wildman–Crippen LogP) is 7.94. The quantitative estimate of drug-likeness (QED) is 0.150. The summed E-state index contributed by atoms with van der Waals surface area (Å²) in [6.07, 6.45) is 1.52. The van der Waals surface area contributed by atoms with Gasteiger partial charge in [-0.05, 0) is 69.0 Å². The lowest BCUT2D eigenvalue weighted by molar-refractivity contribution is -0.142. The van der Waals surface area contributed by atoms with Gasteiger partial charge in [0, 0.05) is 36.3 Å². The first-order valence-corrected chi connectivity index (χ1v) is 18.4. The van der Waals surface area contributed by atoms with Crippen LogP contribution in [-0.2, 0) is 31.7 Å². The lowest BCUT2D eigenvalue weighted by atomic mass is 9.99. The molecule has 3 N–H and O–H groups in total. The Kier molecular flexibility index (Phi) is 13.1. The lowest BCUT2D eigenvalue weighted by Gasteiger charge is -2.17. The van der Waals surface area contributed by atoms with Crippen molar-refractivity contribution in [2.75, 3.05) is 25.5 Å². The number of pyridine rings is 2. The highest BCUT2D eigenvalue weighted by molar-refractivity contribution is 6.39. The molecule has 0 spiro atoms. The van der Waals surface area contributed by atoms with E-state index in [4.69, 9.17) is 38.0 Å². The van der Waals surface area contributed by atoms with Gasteiger partial charge in [0.05, 0.1) is 40.0 Å². The van der Waals surface area contributed by atoms with Crippen molar-refractivity contribution < 1.29 is 23.4 Å². The highest BCUT2D eigenvalue weighted by Crippen LogP contribution is 2.43. The van der Waals surface area contributed by atoms with E-state index in [2.05, 4.69) is 15.6 Å². The summed E-state index contributed by atoms with van der Waals surface area (Å²) in [5.41, 5.74) is 3.23. The van der Waals surface area contributed by atoms with Crippen LogP contribution >= 0.6 is 23.2 Å². The van der Waals surface area contributed by atoms with Crippen molar-refractivity contribution in [3.63, 3.8) is 0 Å². The number of carbonyl (C=O) groups is 1. The van der Waals surface area contributed by atoms with Crippen molar-refractivity contribution in [3.05, 3.63) is 96.2 Å². The van der Waals surface area contributed by atoms with Crippen molar-refractivity contribution in [1.29, 1.82) is 0 Å². The smallest absolute Gasteiger partial charge is 0.330 e. The van der Waals surface area contributed by atoms with Crippen LogP contribution in [0.25, 0.3) is 33.3 Å². The van der Waals surface area contributed by atoms with Crippen molar-refractivity contribution in [2.45, 2.75) is 52.4 Å². The summed E-state index contributed by atoms with van der Waals surface area (Å²) in [5.74, 6) is -0.301. The van der Waals surface area contributed by atoms with Crippen LogP contribution in [0.2, 0.25) is 10.0 Å². The summed E-state index contributed by atoms with van der Waals surface area (Å²) in [5, 5.41) is 15.2. The third kappa shape index (κ3) is 8.13. The fraction of sp³-hybridized carbons (Fsp3) is 0.359. The molecule has 286 valence electrons. The Morgan fingerprint density at radius 2 is 1.61 bits per heavy atom. The van der Waals surface area contributed by atoms with Gasteiger partial charge in [0.1, 0.15) is 16.9 Å². The second kappa shape index (κ2) is 17.5. The van der Waals surface area contributed by atoms with Crippen LogP contribution in [0.3, 0.4) is 0 Å². The Hall–Kier alpha value is -4.85. The number of nitrogens with zero attached hydrogens (tertiary/aromatic N) is 4. The zero-order chi connectivity index (χ0) is 39.3. The monoisotopic (exact) mass is 782 g/mol. The molecule has 4 heterocycles. The van der Waals surface area contributed by atoms with E-state index in [1.165, 1.54) is 19.7 Å². The van der Waals surface area contributed by atoms with E-state index in [1.54, 1.807) is 25.3 Å². The molecular weight excluding hydrogens is 741 g/mol. The SMILES string of the molecule is CC.COc1nc(-c2cccc(-c3cccc(Nc4nc(C(F)F)cc5c4c(=O)n(C)c(=O)n5C)c3Cl)c2Cl)cc2c1CCC2.O=C(O)C1CCNCC1. The maximum atomic E-state index is 13.8. The Labute approximate surface area is 320 Å². The third-order valence-corrected chi connectivity index (χ3v) is 10.3. The molecule has 0 unspecified atom stereocenters. The van der Waals surface area contributed by atoms with Crippen LogP contribution in [0, 0.1) is 5.92 Å². The summed E-state index contributed by atoms with van der Waals surface area (Å²) in [6, 6.07) is 13.7. The van der Waals surface area contributed by atoms with Gasteiger partial charge in [0.25, 0.3) is 12.0 Å². The number of anilines is 2. The molecule has 5 aromatic rings. The highest BCUT2D eigenvalue weighted by Gasteiger charge is 2.23. The number of aliphatic carboxylic acids is 1. The number of methoxy groups -OCH3 is 1. The number of hydrogen-bond donors (Lipinski definition) is 3. The van der Waals surface area contributed by atoms with Gasteiger partial charge < -0.3 is 20.5 Å². The van der Waals surface area contributed by atoms with Gasteiger partial charge in [-0.15, -0.1) is 0 Å². The van der Waals surface area contributed by atoms with Crippen molar-refractivity contribution >= 4 is 51.6 Å². The minimum Gasteiger partial charge on any atom is -0.481 e. The summed E-state index contributed by atoms with van der Waals surface area (Å²) >= 11 is 13.9. The second-order valence-corrected chi connectivity index (χ2v) is 13.4. The minimum atomic E-state index is -2.95. The number of benzene rings is 2. The summed E-state index contributed by atoms with van der Waals surface area (Å²) in [6.45, 7) is 5.72. The topological polar surface area (TPSA) is 140 Å². The van der Waals surface area contributed by atoms with Gasteiger partial charge in [-0.1, -0.05) is 67.4 Å². The Morgan fingerprint density at radius 1 is 0.963 bits per heavy atom. The molecular formula is C39H42Cl2F2N6O5. The molecule has 0 bridgehead atoms. The number of aromatic nitrogens is 4. The number of alkyl halides is 2. The first-order chi connectivity index (χ1) is 25.9. The molecule has 1 aliphatic heterocycles. The molecule has 11 nitrogen and oxygen atoms in total. The second-order valence-electron chi connectivity index (χ2n) is 12.6. The lowest BCUT2D eigenvalue weighted by Crippen LogP contribution is -2.37. The molecule has 7 rings (SSSR count). The Balaban J connectivity index is 0.000000443. The van der Waals surface area contributed by atoms with Gasteiger partial charge in [0.15, 0.2) is 0 Å². The normalized spacial score (nSPS) is 13.8. The summed E-state index contributed by atoms with van der Waals surface area (Å²) < 4.78 is 35.2. The number of nitrogens with one attached hydrogen (secondary N) is 2. The number of halogens is 4. The number of carboxylic acids is 1. The van der Waals surface area contributed by atoms with Crippen LogP contribution in [0.4, 0.5) is 20.3 Å². The van der Waals surface area contributed by atoms with Gasteiger partial charge in [0.2, 0.25) is 5.88 Å². The molecule has 3 aromatic heterocycles. The van der Waals surface area contributed by atoms with E-state index < -0.39 is 29.3 Å².